The van der Waals surface area contributed by atoms with Crippen LogP contribution in [0.2, 0.25) is 5.02 Å². The summed E-state index contributed by atoms with van der Waals surface area (Å²) >= 11 is 6.13. The molecular formula is C12H16ClNO. The summed E-state index contributed by atoms with van der Waals surface area (Å²) in [5.41, 5.74) is 2.55. The number of nitrogens with one attached hydrogen (secondary N) is 1. The van der Waals surface area contributed by atoms with E-state index in [1.54, 1.807) is 7.11 Å². The summed E-state index contributed by atoms with van der Waals surface area (Å²) in [6.07, 6.45) is 2.44. The minimum Gasteiger partial charge on any atom is -0.495 e. The Labute approximate surface area is 95.6 Å². The molecule has 0 aliphatic carbocycles. The van der Waals surface area contributed by atoms with Gasteiger partial charge in [0.05, 0.1) is 12.1 Å². The first-order chi connectivity index (χ1) is 7.22. The molecule has 1 saturated heterocycles. The highest BCUT2D eigenvalue weighted by Gasteiger charge is 2.19. The third kappa shape index (κ3) is 2.11. The van der Waals surface area contributed by atoms with Gasteiger partial charge >= 0.3 is 0 Å². The zero-order valence-corrected chi connectivity index (χ0v) is 9.90. The van der Waals surface area contributed by atoms with Gasteiger partial charge in [0.2, 0.25) is 0 Å². The Morgan fingerprint density at radius 1 is 1.47 bits per heavy atom. The number of halogens is 1. The minimum absolute atomic E-state index is 0.466. The van der Waals surface area contributed by atoms with E-state index in [-0.39, 0.29) is 0 Å². The molecule has 1 aliphatic rings. The largest absolute Gasteiger partial charge is 0.495 e. The van der Waals surface area contributed by atoms with Crippen molar-refractivity contribution in [3.8, 4) is 5.75 Å². The van der Waals surface area contributed by atoms with E-state index in [0.29, 0.717) is 11.1 Å². The van der Waals surface area contributed by atoms with E-state index < -0.39 is 0 Å². The predicted molar refractivity (Wildman–Crippen MR) is 62.7 cm³/mol. The molecule has 0 aromatic heterocycles. The molecule has 0 radical (unpaired) electrons. The van der Waals surface area contributed by atoms with Crippen molar-refractivity contribution in [2.45, 2.75) is 25.8 Å². The number of ether oxygens (including phenoxy) is 1. The van der Waals surface area contributed by atoms with Gasteiger partial charge in [-0.05, 0) is 49.6 Å². The lowest BCUT2D eigenvalue weighted by atomic mass is 10.00. The molecule has 1 unspecified atom stereocenters. The summed E-state index contributed by atoms with van der Waals surface area (Å²) in [6, 6.07) is 4.50. The Hall–Kier alpha value is -0.730. The summed E-state index contributed by atoms with van der Waals surface area (Å²) in [7, 11) is 1.65. The van der Waals surface area contributed by atoms with E-state index in [9.17, 15) is 0 Å². The van der Waals surface area contributed by atoms with Gasteiger partial charge in [0.1, 0.15) is 5.75 Å². The topological polar surface area (TPSA) is 21.3 Å². The molecule has 1 heterocycles. The Bertz CT molecular complexity index is 359. The fraction of sp³-hybridized carbons (Fsp3) is 0.500. The van der Waals surface area contributed by atoms with Crippen molar-refractivity contribution >= 4 is 11.6 Å². The van der Waals surface area contributed by atoms with Gasteiger partial charge in [-0.2, -0.15) is 0 Å². The van der Waals surface area contributed by atoms with Crippen LogP contribution in [-0.2, 0) is 0 Å². The first-order valence-corrected chi connectivity index (χ1v) is 5.67. The van der Waals surface area contributed by atoms with Crippen LogP contribution in [0.25, 0.3) is 0 Å². The third-order valence-corrected chi connectivity index (χ3v) is 3.27. The molecule has 1 N–H and O–H groups in total. The molecule has 2 rings (SSSR count). The van der Waals surface area contributed by atoms with Crippen molar-refractivity contribution in [1.29, 1.82) is 0 Å². The van der Waals surface area contributed by atoms with Gasteiger partial charge in [0.25, 0.3) is 0 Å². The lowest BCUT2D eigenvalue weighted by Gasteiger charge is -2.15. The quantitative estimate of drug-likeness (QED) is 0.835. The third-order valence-electron chi connectivity index (χ3n) is 2.98. The second-order valence-corrected chi connectivity index (χ2v) is 4.40. The molecule has 0 saturated carbocycles. The van der Waals surface area contributed by atoms with Gasteiger partial charge in [-0.1, -0.05) is 11.6 Å². The van der Waals surface area contributed by atoms with Crippen molar-refractivity contribution in [2.24, 2.45) is 0 Å². The summed E-state index contributed by atoms with van der Waals surface area (Å²) in [6.45, 7) is 3.21. The number of hydrogen-bond donors (Lipinski definition) is 1. The van der Waals surface area contributed by atoms with Crippen LogP contribution in [0.5, 0.6) is 5.75 Å². The van der Waals surface area contributed by atoms with E-state index in [4.69, 9.17) is 16.3 Å². The molecular weight excluding hydrogens is 210 g/mol. The second kappa shape index (κ2) is 4.42. The van der Waals surface area contributed by atoms with Crippen LogP contribution in [0.1, 0.15) is 30.0 Å². The SMILES string of the molecule is COc1cc(C)c(C2CCCN2)cc1Cl. The van der Waals surface area contributed by atoms with Gasteiger partial charge in [-0.15, -0.1) is 0 Å². The normalized spacial score (nSPS) is 20.6. The highest BCUT2D eigenvalue weighted by atomic mass is 35.5. The van der Waals surface area contributed by atoms with Gasteiger partial charge in [0.15, 0.2) is 0 Å². The van der Waals surface area contributed by atoms with Crippen LogP contribution in [0.15, 0.2) is 12.1 Å². The van der Waals surface area contributed by atoms with Crippen molar-refractivity contribution in [1.82, 2.24) is 5.32 Å². The zero-order valence-electron chi connectivity index (χ0n) is 9.14. The van der Waals surface area contributed by atoms with Crippen molar-refractivity contribution in [2.75, 3.05) is 13.7 Å². The molecule has 1 aliphatic heterocycles. The number of benzene rings is 1. The van der Waals surface area contributed by atoms with Crippen LogP contribution in [0, 0.1) is 6.92 Å². The first-order valence-electron chi connectivity index (χ1n) is 5.30. The van der Waals surface area contributed by atoms with E-state index in [1.165, 1.54) is 24.0 Å². The van der Waals surface area contributed by atoms with E-state index in [0.717, 1.165) is 12.3 Å². The zero-order chi connectivity index (χ0) is 10.8. The Kier molecular flexibility index (Phi) is 3.17. The van der Waals surface area contributed by atoms with Crippen molar-refractivity contribution in [3.63, 3.8) is 0 Å². The lowest BCUT2D eigenvalue weighted by Crippen LogP contribution is -2.14. The fourth-order valence-electron chi connectivity index (χ4n) is 2.15. The number of hydrogen-bond acceptors (Lipinski definition) is 2. The molecule has 1 atom stereocenters. The number of methoxy groups -OCH3 is 1. The average molecular weight is 226 g/mol. The van der Waals surface area contributed by atoms with E-state index >= 15 is 0 Å². The van der Waals surface area contributed by atoms with E-state index in [2.05, 4.69) is 12.2 Å². The summed E-state index contributed by atoms with van der Waals surface area (Å²) in [4.78, 5) is 0. The summed E-state index contributed by atoms with van der Waals surface area (Å²) in [5, 5.41) is 4.18. The smallest absolute Gasteiger partial charge is 0.137 e. The maximum atomic E-state index is 6.13. The number of aryl methyl sites for hydroxylation is 1. The molecule has 3 heteroatoms. The highest BCUT2D eigenvalue weighted by Crippen LogP contribution is 2.33. The van der Waals surface area contributed by atoms with Gasteiger partial charge in [-0.3, -0.25) is 0 Å². The maximum absolute atomic E-state index is 6.13. The van der Waals surface area contributed by atoms with Crippen molar-refractivity contribution < 1.29 is 4.74 Å². The van der Waals surface area contributed by atoms with Crippen LogP contribution in [0.4, 0.5) is 0 Å². The molecule has 1 aromatic rings. The molecule has 1 fully saturated rings. The van der Waals surface area contributed by atoms with Crippen molar-refractivity contribution in [3.05, 3.63) is 28.3 Å². The fourth-order valence-corrected chi connectivity index (χ4v) is 2.40. The van der Waals surface area contributed by atoms with Gasteiger partial charge < -0.3 is 10.1 Å². The molecule has 15 heavy (non-hydrogen) atoms. The summed E-state index contributed by atoms with van der Waals surface area (Å²) < 4.78 is 5.19. The van der Waals surface area contributed by atoms with Crippen LogP contribution < -0.4 is 10.1 Å². The minimum atomic E-state index is 0.466. The Morgan fingerprint density at radius 2 is 2.27 bits per heavy atom. The van der Waals surface area contributed by atoms with Crippen LogP contribution in [0.3, 0.4) is 0 Å². The molecule has 1 aromatic carbocycles. The highest BCUT2D eigenvalue weighted by molar-refractivity contribution is 6.32. The molecule has 0 bridgehead atoms. The maximum Gasteiger partial charge on any atom is 0.137 e. The monoisotopic (exact) mass is 225 g/mol. The number of rotatable bonds is 2. The average Bonchev–Trinajstić information content (AvgIpc) is 2.74. The molecule has 82 valence electrons. The van der Waals surface area contributed by atoms with Gasteiger partial charge in [-0.25, -0.2) is 0 Å². The predicted octanol–water partition coefficient (Wildman–Crippen LogP) is 3.08. The Morgan fingerprint density at radius 3 is 2.87 bits per heavy atom. The van der Waals surface area contributed by atoms with E-state index in [1.807, 2.05) is 12.1 Å². The Balaban J connectivity index is 2.35. The molecule has 0 amide bonds. The van der Waals surface area contributed by atoms with Gasteiger partial charge in [0, 0.05) is 6.04 Å². The molecule has 2 nitrogen and oxygen atoms in total. The first kappa shape index (κ1) is 10.8. The second-order valence-electron chi connectivity index (χ2n) is 3.99. The van der Waals surface area contributed by atoms with Crippen LogP contribution in [-0.4, -0.2) is 13.7 Å². The van der Waals surface area contributed by atoms with Crippen LogP contribution >= 0.6 is 11.6 Å². The lowest BCUT2D eigenvalue weighted by molar-refractivity contribution is 0.414. The standard InChI is InChI=1S/C12H16ClNO/c1-8-6-12(15-2)10(13)7-9(8)11-4-3-5-14-11/h6-7,11,14H,3-5H2,1-2H3. The molecule has 0 spiro atoms. The summed E-state index contributed by atoms with van der Waals surface area (Å²) in [5.74, 6) is 0.760.